The predicted octanol–water partition coefficient (Wildman–Crippen LogP) is 1.18. The molecule has 0 radical (unpaired) electrons. The zero-order valence-electron chi connectivity index (χ0n) is 6.58. The van der Waals surface area contributed by atoms with Crippen LogP contribution in [0, 0.1) is 34.5 Å². The first-order chi connectivity index (χ1) is 5.28. The first-order valence-corrected chi connectivity index (χ1v) is 4.31. The van der Waals surface area contributed by atoms with Crippen LogP contribution in [0.2, 0.25) is 0 Å². The van der Waals surface area contributed by atoms with Gasteiger partial charge in [0.15, 0.2) is 0 Å². The third kappa shape index (κ3) is 0.417. The van der Waals surface area contributed by atoms with E-state index in [0.717, 1.165) is 18.3 Å². The molecule has 11 heavy (non-hydrogen) atoms. The molecular weight excluding hydrogens is 138 g/mol. The summed E-state index contributed by atoms with van der Waals surface area (Å²) in [5.41, 5.74) is -0.0398. The van der Waals surface area contributed by atoms with E-state index < -0.39 is 0 Å². The van der Waals surface area contributed by atoms with Gasteiger partial charge in [-0.2, -0.15) is 5.26 Å². The second-order valence-corrected chi connectivity index (χ2v) is 4.30. The van der Waals surface area contributed by atoms with Gasteiger partial charge in [0.1, 0.15) is 0 Å². The van der Waals surface area contributed by atoms with Crippen molar-refractivity contribution in [2.75, 3.05) is 6.61 Å². The molecule has 0 aromatic carbocycles. The van der Waals surface area contributed by atoms with Crippen molar-refractivity contribution in [2.45, 2.75) is 19.4 Å². The number of hydrogen-bond acceptors (Lipinski definition) is 2. The van der Waals surface area contributed by atoms with Crippen molar-refractivity contribution in [1.29, 1.82) is 5.26 Å². The van der Waals surface area contributed by atoms with Crippen molar-refractivity contribution in [3.05, 3.63) is 0 Å². The van der Waals surface area contributed by atoms with Crippen LogP contribution in [0.1, 0.15) is 13.3 Å². The molecule has 1 saturated heterocycles. The summed E-state index contributed by atoms with van der Waals surface area (Å²) in [5.74, 6) is 2.16. The van der Waals surface area contributed by atoms with Gasteiger partial charge in [-0.3, -0.25) is 0 Å². The molecule has 2 heteroatoms. The van der Waals surface area contributed by atoms with Crippen LogP contribution in [-0.2, 0) is 4.74 Å². The van der Waals surface area contributed by atoms with Gasteiger partial charge >= 0.3 is 0 Å². The molecule has 2 aliphatic carbocycles. The zero-order valence-corrected chi connectivity index (χ0v) is 6.58. The molecule has 0 aromatic heterocycles. The van der Waals surface area contributed by atoms with Crippen molar-refractivity contribution in [3.63, 3.8) is 0 Å². The number of hydrogen-bond donors (Lipinski definition) is 0. The normalized spacial score (nSPS) is 64.0. The maximum atomic E-state index is 8.94. The lowest BCUT2D eigenvalue weighted by molar-refractivity contribution is -0.138. The molecule has 2 saturated carbocycles. The largest absolute Gasteiger partial charge is 0.376 e. The Kier molecular flexibility index (Phi) is 0.803. The molecular formula is C9H11NO. The van der Waals surface area contributed by atoms with E-state index in [4.69, 9.17) is 10.00 Å². The molecule has 5 unspecified atom stereocenters. The van der Waals surface area contributed by atoms with Gasteiger partial charge in [-0.1, -0.05) is 6.92 Å². The minimum absolute atomic E-state index is 0.0398. The molecule has 3 rings (SSSR count). The van der Waals surface area contributed by atoms with Crippen LogP contribution < -0.4 is 0 Å². The highest BCUT2D eigenvalue weighted by Crippen LogP contribution is 2.69. The minimum Gasteiger partial charge on any atom is -0.376 e. The van der Waals surface area contributed by atoms with Gasteiger partial charge in [-0.15, -0.1) is 0 Å². The molecule has 0 amide bonds. The van der Waals surface area contributed by atoms with Crippen LogP contribution in [0.25, 0.3) is 0 Å². The Morgan fingerprint density at radius 2 is 2.45 bits per heavy atom. The Labute approximate surface area is 66.1 Å². The molecule has 0 bridgehead atoms. The molecule has 3 aliphatic rings. The summed E-state index contributed by atoms with van der Waals surface area (Å²) in [6.45, 7) is 2.96. The lowest BCUT2D eigenvalue weighted by Crippen LogP contribution is -2.62. The Morgan fingerprint density at radius 1 is 1.64 bits per heavy atom. The predicted molar refractivity (Wildman–Crippen MR) is 38.5 cm³/mol. The van der Waals surface area contributed by atoms with E-state index in [1.165, 1.54) is 0 Å². The number of ether oxygens (including phenoxy) is 1. The minimum atomic E-state index is -0.0398. The summed E-state index contributed by atoms with van der Waals surface area (Å²) in [5, 5.41) is 8.94. The van der Waals surface area contributed by atoms with Gasteiger partial charge in [-0.25, -0.2) is 0 Å². The molecule has 1 aliphatic heterocycles. The third-order valence-corrected chi connectivity index (χ3v) is 4.00. The fraction of sp³-hybridized carbons (Fsp3) is 0.889. The SMILES string of the molecule is CC1C2CC3(C#N)COC1C23. The van der Waals surface area contributed by atoms with E-state index in [0.29, 0.717) is 18.6 Å². The highest BCUT2D eigenvalue weighted by molar-refractivity contribution is 5.25. The Bertz CT molecular complexity index is 257. The van der Waals surface area contributed by atoms with Gasteiger partial charge in [0.2, 0.25) is 0 Å². The highest BCUT2D eigenvalue weighted by atomic mass is 16.5. The highest BCUT2D eigenvalue weighted by Gasteiger charge is 2.71. The fourth-order valence-electron chi connectivity index (χ4n) is 3.24. The summed E-state index contributed by atoms with van der Waals surface area (Å²) in [4.78, 5) is 0. The first kappa shape index (κ1) is 6.02. The van der Waals surface area contributed by atoms with Crippen molar-refractivity contribution < 1.29 is 4.74 Å². The second kappa shape index (κ2) is 1.47. The van der Waals surface area contributed by atoms with Crippen LogP contribution in [0.5, 0.6) is 0 Å². The molecule has 0 N–H and O–H groups in total. The number of rotatable bonds is 0. The average molecular weight is 149 g/mol. The van der Waals surface area contributed by atoms with Crippen LogP contribution in [0.15, 0.2) is 0 Å². The summed E-state index contributed by atoms with van der Waals surface area (Å²) in [7, 11) is 0. The van der Waals surface area contributed by atoms with E-state index in [-0.39, 0.29) is 5.41 Å². The number of nitrogens with zero attached hydrogens (tertiary/aromatic N) is 1. The standard InChI is InChI=1S/C9H11NO/c1-5-6-2-9(3-10)4-11-8(5)7(6)9/h5-8H,2,4H2,1H3. The summed E-state index contributed by atoms with van der Waals surface area (Å²) in [6, 6.07) is 2.43. The van der Waals surface area contributed by atoms with Crippen molar-refractivity contribution >= 4 is 0 Å². The lowest BCUT2D eigenvalue weighted by Gasteiger charge is -2.59. The quantitative estimate of drug-likeness (QED) is 0.518. The van der Waals surface area contributed by atoms with Crippen LogP contribution in [-0.4, -0.2) is 12.7 Å². The molecule has 1 heterocycles. The van der Waals surface area contributed by atoms with Gasteiger partial charge < -0.3 is 4.74 Å². The van der Waals surface area contributed by atoms with Crippen LogP contribution >= 0.6 is 0 Å². The monoisotopic (exact) mass is 149 g/mol. The van der Waals surface area contributed by atoms with E-state index in [1.54, 1.807) is 0 Å². The van der Waals surface area contributed by atoms with E-state index in [9.17, 15) is 0 Å². The fourth-order valence-corrected chi connectivity index (χ4v) is 3.24. The Balaban J connectivity index is 1.96. The first-order valence-electron chi connectivity index (χ1n) is 4.31. The van der Waals surface area contributed by atoms with Gasteiger partial charge in [0.05, 0.1) is 24.2 Å². The van der Waals surface area contributed by atoms with Crippen molar-refractivity contribution in [1.82, 2.24) is 0 Å². The maximum absolute atomic E-state index is 8.94. The molecule has 58 valence electrons. The van der Waals surface area contributed by atoms with Gasteiger partial charge in [0.25, 0.3) is 0 Å². The summed E-state index contributed by atoms with van der Waals surface area (Å²) < 4.78 is 5.59. The summed E-state index contributed by atoms with van der Waals surface area (Å²) in [6.07, 6.45) is 1.54. The third-order valence-electron chi connectivity index (χ3n) is 4.00. The lowest BCUT2D eigenvalue weighted by atomic mass is 9.42. The zero-order chi connectivity index (χ0) is 7.64. The van der Waals surface area contributed by atoms with Crippen molar-refractivity contribution in [3.8, 4) is 6.07 Å². The van der Waals surface area contributed by atoms with Crippen LogP contribution in [0.3, 0.4) is 0 Å². The average Bonchev–Trinajstić information content (AvgIpc) is 2.12. The smallest absolute Gasteiger partial charge is 0.0865 e. The Morgan fingerprint density at radius 3 is 3.18 bits per heavy atom. The maximum Gasteiger partial charge on any atom is 0.0865 e. The number of nitriles is 1. The molecule has 0 aromatic rings. The van der Waals surface area contributed by atoms with Gasteiger partial charge in [0, 0.05) is 5.92 Å². The van der Waals surface area contributed by atoms with E-state index in [2.05, 4.69) is 13.0 Å². The molecule has 3 fully saturated rings. The topological polar surface area (TPSA) is 33.0 Å². The van der Waals surface area contributed by atoms with E-state index >= 15 is 0 Å². The second-order valence-electron chi connectivity index (χ2n) is 4.30. The summed E-state index contributed by atoms with van der Waals surface area (Å²) >= 11 is 0. The molecule has 2 nitrogen and oxygen atoms in total. The molecule has 0 spiro atoms. The molecule has 5 atom stereocenters. The van der Waals surface area contributed by atoms with Crippen molar-refractivity contribution in [2.24, 2.45) is 23.2 Å². The van der Waals surface area contributed by atoms with E-state index in [1.807, 2.05) is 0 Å². The Hall–Kier alpha value is -0.550. The van der Waals surface area contributed by atoms with Gasteiger partial charge in [-0.05, 0) is 18.3 Å². The van der Waals surface area contributed by atoms with Crippen LogP contribution in [0.4, 0.5) is 0 Å².